The highest BCUT2D eigenvalue weighted by atomic mass is 32.1. The fourth-order valence-electron chi connectivity index (χ4n) is 2.51. The van der Waals surface area contributed by atoms with Crippen LogP contribution in [0.2, 0.25) is 0 Å². The normalized spacial score (nSPS) is 24.0. The van der Waals surface area contributed by atoms with Crippen LogP contribution in [0.3, 0.4) is 0 Å². The lowest BCUT2D eigenvalue weighted by Gasteiger charge is -2.33. The van der Waals surface area contributed by atoms with Crippen LogP contribution in [0.4, 0.5) is 14.5 Å². The van der Waals surface area contributed by atoms with Gasteiger partial charge in [-0.05, 0) is 36.6 Å². The summed E-state index contributed by atoms with van der Waals surface area (Å²) in [6, 6.07) is 8.35. The van der Waals surface area contributed by atoms with E-state index in [4.69, 9.17) is 10.5 Å². The van der Waals surface area contributed by atoms with Gasteiger partial charge in [0, 0.05) is 22.7 Å². The van der Waals surface area contributed by atoms with Crippen molar-refractivity contribution in [3.63, 3.8) is 0 Å². The third-order valence-corrected chi connectivity index (χ3v) is 4.76. The minimum Gasteiger partial charge on any atom is -0.462 e. The van der Waals surface area contributed by atoms with Crippen LogP contribution in [-0.2, 0) is 16.8 Å². The van der Waals surface area contributed by atoms with Crippen molar-refractivity contribution in [3.8, 4) is 0 Å². The lowest BCUT2D eigenvalue weighted by molar-refractivity contribution is 0.0923. The van der Waals surface area contributed by atoms with Crippen LogP contribution in [0, 0.1) is 5.82 Å². The first kappa shape index (κ1) is 15.7. The zero-order valence-electron chi connectivity index (χ0n) is 12.6. The van der Waals surface area contributed by atoms with Crippen LogP contribution in [0.5, 0.6) is 0 Å². The lowest BCUT2D eigenvalue weighted by atomic mass is 9.86. The summed E-state index contributed by atoms with van der Waals surface area (Å²) in [5.41, 5.74) is 5.01. The van der Waals surface area contributed by atoms with E-state index in [1.165, 1.54) is 13.0 Å². The molecule has 122 valence electrons. The SMILES string of the molecule is CC1(c2cc(NCc3cccs3)ccc2F)N=C(N)OCC1F. The number of halogens is 2. The summed E-state index contributed by atoms with van der Waals surface area (Å²) in [5.74, 6) is -0.518. The summed E-state index contributed by atoms with van der Waals surface area (Å²) >= 11 is 1.63. The van der Waals surface area contributed by atoms with Crippen LogP contribution in [0.25, 0.3) is 0 Å². The highest BCUT2D eigenvalue weighted by molar-refractivity contribution is 7.09. The molecule has 1 aliphatic heterocycles. The molecular weight excluding hydrogens is 320 g/mol. The number of ether oxygens (including phenoxy) is 1. The van der Waals surface area contributed by atoms with Crippen molar-refractivity contribution in [2.24, 2.45) is 10.7 Å². The summed E-state index contributed by atoms with van der Waals surface area (Å²) in [5, 5.41) is 5.19. The molecule has 23 heavy (non-hydrogen) atoms. The summed E-state index contributed by atoms with van der Waals surface area (Å²) in [4.78, 5) is 5.16. The molecule has 2 heterocycles. The predicted octanol–water partition coefficient (Wildman–Crippen LogP) is 3.40. The molecule has 2 aromatic rings. The Hall–Kier alpha value is -2.15. The average Bonchev–Trinajstić information content (AvgIpc) is 3.04. The van der Waals surface area contributed by atoms with E-state index in [0.717, 1.165) is 4.88 Å². The summed E-state index contributed by atoms with van der Waals surface area (Å²) in [7, 11) is 0. The molecule has 4 nitrogen and oxygen atoms in total. The average molecular weight is 337 g/mol. The number of nitrogens with one attached hydrogen (secondary N) is 1. The molecule has 7 heteroatoms. The number of aliphatic imine (C=N–C) groups is 1. The van der Waals surface area contributed by atoms with E-state index in [1.54, 1.807) is 23.5 Å². The van der Waals surface area contributed by atoms with Crippen molar-refractivity contribution in [2.75, 3.05) is 11.9 Å². The molecule has 0 amide bonds. The van der Waals surface area contributed by atoms with Gasteiger partial charge in [0.15, 0.2) is 6.17 Å². The quantitative estimate of drug-likeness (QED) is 0.899. The summed E-state index contributed by atoms with van der Waals surface area (Å²) < 4.78 is 33.5. The number of rotatable bonds is 4. The van der Waals surface area contributed by atoms with Crippen LogP contribution in [-0.4, -0.2) is 18.8 Å². The number of nitrogens with two attached hydrogens (primary N) is 1. The molecule has 0 saturated carbocycles. The Labute approximate surface area is 137 Å². The first-order valence-corrected chi connectivity index (χ1v) is 8.05. The van der Waals surface area contributed by atoms with Gasteiger partial charge in [0.2, 0.25) is 0 Å². The zero-order chi connectivity index (χ0) is 16.4. The third kappa shape index (κ3) is 3.14. The summed E-state index contributed by atoms with van der Waals surface area (Å²) in [6.45, 7) is 1.90. The van der Waals surface area contributed by atoms with Gasteiger partial charge in [-0.1, -0.05) is 6.07 Å². The Kier molecular flexibility index (Phi) is 4.21. The molecule has 2 atom stereocenters. The number of benzene rings is 1. The van der Waals surface area contributed by atoms with Crippen molar-refractivity contribution in [2.45, 2.75) is 25.2 Å². The molecule has 0 bridgehead atoms. The number of nitrogens with zero attached hydrogens (tertiary/aromatic N) is 1. The van der Waals surface area contributed by atoms with Crippen LogP contribution in [0.15, 0.2) is 40.7 Å². The molecule has 0 fully saturated rings. The molecule has 1 aromatic carbocycles. The molecule has 0 spiro atoms. The second kappa shape index (κ2) is 6.16. The molecule has 3 N–H and O–H groups in total. The van der Waals surface area contributed by atoms with E-state index >= 15 is 0 Å². The molecule has 1 aliphatic rings. The number of amidine groups is 1. The van der Waals surface area contributed by atoms with Gasteiger partial charge >= 0.3 is 0 Å². The van der Waals surface area contributed by atoms with E-state index in [2.05, 4.69) is 10.3 Å². The van der Waals surface area contributed by atoms with Crippen molar-refractivity contribution in [1.29, 1.82) is 0 Å². The third-order valence-electron chi connectivity index (χ3n) is 3.89. The van der Waals surface area contributed by atoms with Crippen LogP contribution in [0.1, 0.15) is 17.4 Å². The Balaban J connectivity index is 1.89. The van der Waals surface area contributed by atoms with Gasteiger partial charge in [-0.25, -0.2) is 13.8 Å². The number of alkyl halides is 1. The standard InChI is InChI=1S/C16H17F2N3OS/c1-16(14(18)9-22-15(19)21-16)12-7-10(4-5-13(12)17)20-8-11-3-2-6-23-11/h2-7,14,20H,8-9H2,1H3,(H2,19,21). The number of thiophene rings is 1. The largest absolute Gasteiger partial charge is 0.462 e. The van der Waals surface area contributed by atoms with Crippen molar-refractivity contribution in [1.82, 2.24) is 0 Å². The number of anilines is 1. The van der Waals surface area contributed by atoms with Crippen molar-refractivity contribution >= 4 is 23.0 Å². The Morgan fingerprint density at radius 2 is 2.30 bits per heavy atom. The Morgan fingerprint density at radius 1 is 1.48 bits per heavy atom. The van der Waals surface area contributed by atoms with Gasteiger partial charge in [-0.2, -0.15) is 0 Å². The van der Waals surface area contributed by atoms with Crippen molar-refractivity contribution < 1.29 is 13.5 Å². The fraction of sp³-hybridized carbons (Fsp3) is 0.312. The summed E-state index contributed by atoms with van der Waals surface area (Å²) in [6.07, 6.45) is -1.48. The maximum atomic E-state index is 14.3. The van der Waals surface area contributed by atoms with E-state index in [9.17, 15) is 8.78 Å². The van der Waals surface area contributed by atoms with Crippen molar-refractivity contribution in [3.05, 3.63) is 52.0 Å². The number of hydrogen-bond donors (Lipinski definition) is 2. The molecule has 0 aliphatic carbocycles. The van der Waals surface area contributed by atoms with Gasteiger partial charge in [0.05, 0.1) is 0 Å². The van der Waals surface area contributed by atoms with Gasteiger partial charge in [0.1, 0.15) is 18.0 Å². The van der Waals surface area contributed by atoms with Gasteiger partial charge in [-0.3, -0.25) is 0 Å². The molecule has 3 rings (SSSR count). The molecular formula is C16H17F2N3OS. The monoisotopic (exact) mass is 337 g/mol. The van der Waals surface area contributed by atoms with E-state index < -0.39 is 17.5 Å². The lowest BCUT2D eigenvalue weighted by Crippen LogP contribution is -2.43. The molecule has 1 aromatic heterocycles. The molecule has 0 saturated heterocycles. The van der Waals surface area contributed by atoms with Gasteiger partial charge in [0.25, 0.3) is 6.02 Å². The zero-order valence-corrected chi connectivity index (χ0v) is 13.4. The van der Waals surface area contributed by atoms with E-state index in [0.29, 0.717) is 12.2 Å². The number of hydrogen-bond acceptors (Lipinski definition) is 5. The maximum absolute atomic E-state index is 14.3. The van der Waals surface area contributed by atoms with Gasteiger partial charge in [-0.15, -0.1) is 11.3 Å². The predicted molar refractivity (Wildman–Crippen MR) is 87.9 cm³/mol. The minimum atomic E-state index is -1.48. The topological polar surface area (TPSA) is 59.6 Å². The smallest absolute Gasteiger partial charge is 0.283 e. The highest BCUT2D eigenvalue weighted by Gasteiger charge is 2.42. The molecule has 0 radical (unpaired) electrons. The fourth-order valence-corrected chi connectivity index (χ4v) is 3.15. The minimum absolute atomic E-state index is 0.127. The first-order valence-electron chi connectivity index (χ1n) is 7.17. The first-order chi connectivity index (χ1) is 11.0. The van der Waals surface area contributed by atoms with E-state index in [-0.39, 0.29) is 18.2 Å². The maximum Gasteiger partial charge on any atom is 0.283 e. The Bertz CT molecular complexity index is 720. The van der Waals surface area contributed by atoms with E-state index in [1.807, 2.05) is 17.5 Å². The highest BCUT2D eigenvalue weighted by Crippen LogP contribution is 2.37. The van der Waals surface area contributed by atoms with Gasteiger partial charge < -0.3 is 15.8 Å². The second-order valence-electron chi connectivity index (χ2n) is 5.50. The van der Waals surface area contributed by atoms with Crippen LogP contribution >= 0.6 is 11.3 Å². The van der Waals surface area contributed by atoms with Crippen LogP contribution < -0.4 is 11.1 Å². The molecule has 2 unspecified atom stereocenters. The Morgan fingerprint density at radius 3 is 3.04 bits per heavy atom. The second-order valence-corrected chi connectivity index (χ2v) is 6.54.